The number of carbonyl (C=O) groups excluding carboxylic acids is 1. The van der Waals surface area contributed by atoms with Crippen molar-refractivity contribution in [1.82, 2.24) is 20.0 Å². The summed E-state index contributed by atoms with van der Waals surface area (Å²) < 4.78 is 47.0. The molecule has 1 aliphatic rings. The Hall–Kier alpha value is -4.39. The van der Waals surface area contributed by atoms with E-state index in [2.05, 4.69) is 78.1 Å². The van der Waals surface area contributed by atoms with Crippen LogP contribution in [0, 0.1) is 0 Å². The molecule has 1 fully saturated rings. The first-order valence-electron chi connectivity index (χ1n) is 18.3. The first-order chi connectivity index (χ1) is 26.1. The summed E-state index contributed by atoms with van der Waals surface area (Å²) in [6.45, 7) is 2.71. The van der Waals surface area contributed by atoms with Crippen molar-refractivity contribution in [1.29, 1.82) is 0 Å². The molecule has 1 aliphatic heterocycles. The number of hydrogen-bond donors (Lipinski definition) is 4. The number of rotatable bonds is 24. The van der Waals surface area contributed by atoms with Gasteiger partial charge in [0.05, 0.1) is 6.61 Å². The van der Waals surface area contributed by atoms with Crippen LogP contribution in [0.2, 0.25) is 0 Å². The maximum absolute atomic E-state index is 15.6. The molecule has 12 nitrogen and oxygen atoms in total. The lowest BCUT2D eigenvalue weighted by Crippen LogP contribution is -2.43. The number of aromatic amines is 1. The fraction of sp³-hybridized carbons (Fsp3) is 0.425. The number of aliphatic hydroxyl groups excluding tert-OH is 1. The summed E-state index contributed by atoms with van der Waals surface area (Å²) in [7, 11) is -4.15. The molecule has 1 amide bonds. The number of nitrogens with one attached hydrogen (secondary N) is 3. The van der Waals surface area contributed by atoms with Crippen molar-refractivity contribution in [3.63, 3.8) is 0 Å². The van der Waals surface area contributed by atoms with E-state index in [9.17, 15) is 24.1 Å². The highest BCUT2D eigenvalue weighted by atomic mass is 31.2. The molecule has 0 aliphatic carbocycles. The van der Waals surface area contributed by atoms with Crippen LogP contribution in [-0.4, -0.2) is 58.1 Å². The second-order valence-electron chi connectivity index (χ2n) is 12.5. The summed E-state index contributed by atoms with van der Waals surface area (Å²) >= 11 is 0. The van der Waals surface area contributed by atoms with Gasteiger partial charge in [0.1, 0.15) is 18.0 Å². The molecule has 5 unspecified atom stereocenters. The van der Waals surface area contributed by atoms with Gasteiger partial charge in [0.2, 0.25) is 5.91 Å². The summed E-state index contributed by atoms with van der Waals surface area (Å²) in [5.41, 5.74) is -4.08. The summed E-state index contributed by atoms with van der Waals surface area (Å²) in [4.78, 5) is 38.1. The van der Waals surface area contributed by atoms with Gasteiger partial charge in [-0.15, -0.1) is 0 Å². The van der Waals surface area contributed by atoms with E-state index in [1.54, 1.807) is 30.3 Å². The van der Waals surface area contributed by atoms with Gasteiger partial charge in [0.15, 0.2) is 11.9 Å². The van der Waals surface area contributed by atoms with E-state index in [0.717, 1.165) is 62.3 Å². The third-order valence-electron chi connectivity index (χ3n) is 8.09. The number of amides is 1. The smallest absolute Gasteiger partial charge is 0.413 e. The molecule has 4 N–H and O–H groups in total. The molecule has 0 bridgehead atoms. The quantitative estimate of drug-likeness (QED) is 0.0506. The van der Waals surface area contributed by atoms with Crippen LogP contribution in [-0.2, 0) is 18.6 Å². The predicted octanol–water partition coefficient (Wildman–Crippen LogP) is 6.91. The average molecular weight is 769 g/mol. The normalized spacial score (nSPS) is 21.7. The minimum absolute atomic E-state index is 0.0000630. The Labute approximate surface area is 316 Å². The number of ether oxygens (including phenoxy) is 1. The van der Waals surface area contributed by atoms with Crippen molar-refractivity contribution in [2.45, 2.75) is 89.3 Å². The van der Waals surface area contributed by atoms with Crippen molar-refractivity contribution in [2.24, 2.45) is 0 Å². The molecule has 2 aromatic rings. The molecule has 2 heterocycles. The van der Waals surface area contributed by atoms with Crippen LogP contribution in [0.4, 0.5) is 4.39 Å². The highest BCUT2D eigenvalue weighted by Gasteiger charge is 2.55. The predicted molar refractivity (Wildman–Crippen MR) is 210 cm³/mol. The highest BCUT2D eigenvalue weighted by Crippen LogP contribution is 2.46. The van der Waals surface area contributed by atoms with Gasteiger partial charge in [-0.25, -0.2) is 18.8 Å². The zero-order valence-corrected chi connectivity index (χ0v) is 32.0. The maximum atomic E-state index is 15.6. The number of hydrogen-bond acceptors (Lipinski definition) is 8. The first kappa shape index (κ1) is 44.0. The van der Waals surface area contributed by atoms with Crippen LogP contribution in [0.1, 0.15) is 71.4 Å². The minimum atomic E-state index is -4.15. The fourth-order valence-electron chi connectivity index (χ4n) is 5.20. The van der Waals surface area contributed by atoms with Crippen LogP contribution in [0.15, 0.2) is 125 Å². The number of allylic oxidation sites excluding steroid dienone is 12. The van der Waals surface area contributed by atoms with E-state index in [-0.39, 0.29) is 31.2 Å². The lowest BCUT2D eigenvalue weighted by Gasteiger charge is -2.24. The molecule has 0 radical (unpaired) electrons. The molecular formula is C40H54FN4O8P. The third kappa shape index (κ3) is 15.9. The molecule has 1 aromatic heterocycles. The maximum Gasteiger partial charge on any atom is 0.458 e. The molecule has 0 spiro atoms. The monoisotopic (exact) mass is 768 g/mol. The van der Waals surface area contributed by atoms with Crippen molar-refractivity contribution in [2.75, 3.05) is 19.7 Å². The van der Waals surface area contributed by atoms with Gasteiger partial charge in [-0.2, -0.15) is 0 Å². The van der Waals surface area contributed by atoms with Gasteiger partial charge in [-0.05, 0) is 64.0 Å². The Morgan fingerprint density at radius 3 is 2.07 bits per heavy atom. The van der Waals surface area contributed by atoms with Crippen LogP contribution in [0.25, 0.3) is 0 Å². The number of H-pyrrole nitrogens is 1. The van der Waals surface area contributed by atoms with Gasteiger partial charge in [0.25, 0.3) is 5.56 Å². The van der Waals surface area contributed by atoms with Gasteiger partial charge >= 0.3 is 13.4 Å². The lowest BCUT2D eigenvalue weighted by molar-refractivity contribution is -0.120. The standard InChI is InChI=1S/C40H54FN4O8P/c1-3-4-5-6-7-8-9-10-11-12-13-14-15-16-17-18-19-20-24-27-35(46)42-29-30-43-54(50,53-33-25-22-21-23-26-33)51-32-34-37(48)40(2,41)38(52-34)45-31-28-36(47)44-39(45)49/h4-5,7-8,10-11,13-14,16-17,19-23,25-26,28,31,34,37-38,48H,3,6,9,12,15,18,24,27,29-30,32H2,1-2H3,(H,42,46)(H,43,50)(H,44,47,49). The molecule has 3 rings (SSSR count). The Morgan fingerprint density at radius 1 is 0.926 bits per heavy atom. The van der Waals surface area contributed by atoms with Gasteiger partial charge in [-0.1, -0.05) is 98.0 Å². The van der Waals surface area contributed by atoms with Crippen LogP contribution in [0.5, 0.6) is 5.75 Å². The number of benzene rings is 1. The molecule has 5 atom stereocenters. The molecule has 0 saturated carbocycles. The van der Waals surface area contributed by atoms with E-state index in [1.165, 1.54) is 0 Å². The lowest BCUT2D eigenvalue weighted by atomic mass is 9.98. The summed E-state index contributed by atoms with van der Waals surface area (Å²) in [5, 5.41) is 16.1. The summed E-state index contributed by atoms with van der Waals surface area (Å²) in [6.07, 6.45) is 28.2. The van der Waals surface area contributed by atoms with E-state index in [1.807, 2.05) is 17.1 Å². The third-order valence-corrected chi connectivity index (χ3v) is 9.64. The number of alkyl halides is 1. The second-order valence-corrected chi connectivity index (χ2v) is 14.3. The van der Waals surface area contributed by atoms with E-state index in [0.29, 0.717) is 6.42 Å². The van der Waals surface area contributed by atoms with Crippen LogP contribution < -0.4 is 26.2 Å². The minimum Gasteiger partial charge on any atom is -0.413 e. The van der Waals surface area contributed by atoms with Gasteiger partial charge in [-0.3, -0.25) is 23.7 Å². The number of aromatic nitrogens is 2. The van der Waals surface area contributed by atoms with Crippen LogP contribution >= 0.6 is 7.75 Å². The Kier molecular flexibility index (Phi) is 19.6. The Bertz CT molecular complexity index is 1770. The molecule has 14 heteroatoms. The van der Waals surface area contributed by atoms with Crippen molar-refractivity contribution < 1.29 is 32.6 Å². The molecule has 1 saturated heterocycles. The zero-order valence-electron chi connectivity index (χ0n) is 31.1. The second kappa shape index (κ2) is 24.1. The Morgan fingerprint density at radius 2 is 1.50 bits per heavy atom. The SMILES string of the molecule is CCC=CCC=CCC=CCC=CCC=CCC=CCCC(=O)NCCNP(=O)(OCC1OC(n2ccc(=O)[nH]c2=O)C(C)(F)C1O)Oc1ccccc1. The number of carbonyl (C=O) groups is 1. The zero-order chi connectivity index (χ0) is 39.1. The highest BCUT2D eigenvalue weighted by molar-refractivity contribution is 7.52. The number of halogens is 1. The average Bonchev–Trinajstić information content (AvgIpc) is 3.37. The first-order valence-corrected chi connectivity index (χ1v) is 19.8. The largest absolute Gasteiger partial charge is 0.458 e. The number of para-hydroxylation sites is 1. The van der Waals surface area contributed by atoms with Gasteiger partial charge in [0, 0.05) is 31.8 Å². The van der Waals surface area contributed by atoms with Crippen molar-refractivity contribution in [3.8, 4) is 5.75 Å². The molecular weight excluding hydrogens is 714 g/mol. The fourth-order valence-corrected chi connectivity index (χ4v) is 6.53. The molecule has 54 heavy (non-hydrogen) atoms. The Balaban J connectivity index is 1.36. The van der Waals surface area contributed by atoms with Crippen molar-refractivity contribution >= 4 is 13.7 Å². The van der Waals surface area contributed by atoms with Crippen LogP contribution in [0.3, 0.4) is 0 Å². The van der Waals surface area contributed by atoms with E-state index in [4.69, 9.17) is 13.8 Å². The number of nitrogens with zero attached hydrogens (tertiary/aromatic N) is 1. The molecule has 294 valence electrons. The van der Waals surface area contributed by atoms with Crippen molar-refractivity contribution in [3.05, 3.63) is 136 Å². The van der Waals surface area contributed by atoms with E-state index >= 15 is 4.39 Å². The number of aliphatic hydroxyl groups is 1. The van der Waals surface area contributed by atoms with Gasteiger partial charge < -0.3 is 19.7 Å². The summed E-state index contributed by atoms with van der Waals surface area (Å²) in [5.74, 6) is 0.0268. The van der Waals surface area contributed by atoms with E-state index < -0.39 is 49.7 Å². The summed E-state index contributed by atoms with van der Waals surface area (Å²) in [6, 6.07) is 9.23. The topological polar surface area (TPSA) is 161 Å². The molecule has 1 aromatic carbocycles.